The number of aliphatic hydroxyl groups is 2. The molecule has 6 aromatic heterocycles. The van der Waals surface area contributed by atoms with Crippen molar-refractivity contribution in [3.05, 3.63) is 134 Å². The predicted molar refractivity (Wildman–Crippen MR) is 178 cm³/mol. The number of aromatic nitrogens is 8. The topological polar surface area (TPSA) is 144 Å². The third kappa shape index (κ3) is 6.99. The fourth-order valence-corrected chi connectivity index (χ4v) is 4.72. The molecule has 1 aromatic carbocycles. The lowest BCUT2D eigenvalue weighted by Crippen LogP contribution is -1.99. The molecule has 0 aliphatic rings. The third-order valence-electron chi connectivity index (χ3n) is 6.76. The highest BCUT2D eigenvalue weighted by atomic mass is 16.2. The Hall–Kier alpha value is -6.10. The zero-order valence-electron chi connectivity index (χ0n) is 25.2. The van der Waals surface area contributed by atoms with Crippen LogP contribution in [0.1, 0.15) is 0 Å². The monoisotopic (exact) mass is 606 g/mol. The van der Waals surface area contributed by atoms with E-state index < -0.39 is 0 Å². The summed E-state index contributed by atoms with van der Waals surface area (Å²) in [5, 5.41) is 32.1. The second-order valence-electron chi connectivity index (χ2n) is 9.42. The van der Waals surface area contributed by atoms with Gasteiger partial charge in [-0.15, -0.1) is 20.4 Å². The Labute approximate surface area is 266 Å². The number of hydrogen-bond donors (Lipinski definition) is 2. The van der Waals surface area contributed by atoms with Crippen LogP contribution >= 0.6 is 0 Å². The SMILES string of the molecule is CO.CO.c1ccc(-c2cc(-c3ccc(-c4cc(-c5ccccn5)nnc4-c4ccccn4)cc3)c(-c3ccccn3)nn2)nc1. The van der Waals surface area contributed by atoms with Crippen molar-refractivity contribution in [2.45, 2.75) is 0 Å². The van der Waals surface area contributed by atoms with E-state index in [9.17, 15) is 0 Å². The Morgan fingerprint density at radius 2 is 0.674 bits per heavy atom. The minimum Gasteiger partial charge on any atom is -0.400 e. The van der Waals surface area contributed by atoms with Crippen LogP contribution in [0.3, 0.4) is 0 Å². The maximum absolute atomic E-state index is 7.00. The quantitative estimate of drug-likeness (QED) is 0.229. The lowest BCUT2D eigenvalue weighted by atomic mass is 9.96. The van der Waals surface area contributed by atoms with E-state index in [1.54, 1.807) is 24.8 Å². The van der Waals surface area contributed by atoms with Gasteiger partial charge in [0.2, 0.25) is 0 Å². The maximum atomic E-state index is 7.00. The lowest BCUT2D eigenvalue weighted by Gasteiger charge is -2.13. The van der Waals surface area contributed by atoms with Crippen molar-refractivity contribution in [3.63, 3.8) is 0 Å². The van der Waals surface area contributed by atoms with Crippen molar-refractivity contribution < 1.29 is 10.2 Å². The number of pyridine rings is 4. The first-order chi connectivity index (χ1) is 22.8. The third-order valence-corrected chi connectivity index (χ3v) is 6.76. The molecule has 0 atom stereocenters. The number of hydrogen-bond acceptors (Lipinski definition) is 10. The molecule has 0 fully saturated rings. The van der Waals surface area contributed by atoms with Gasteiger partial charge in [-0.1, -0.05) is 48.5 Å². The van der Waals surface area contributed by atoms with Gasteiger partial charge in [-0.2, -0.15) is 0 Å². The molecule has 7 aromatic rings. The predicted octanol–water partition coefficient (Wildman–Crippen LogP) is 6.07. The smallest absolute Gasteiger partial charge is 0.119 e. The minimum absolute atomic E-state index is 0.685. The molecule has 226 valence electrons. The van der Waals surface area contributed by atoms with Crippen LogP contribution in [0.15, 0.2) is 134 Å². The van der Waals surface area contributed by atoms with Crippen LogP contribution in [0, 0.1) is 0 Å². The average Bonchev–Trinajstić information content (AvgIpc) is 3.17. The fourth-order valence-electron chi connectivity index (χ4n) is 4.72. The fraction of sp³-hybridized carbons (Fsp3) is 0.0556. The standard InChI is InChI=1S/C34H22N8.2CH4O/c1-5-17-35-27(9-1)31-21-25(33(41-39-31)29-11-3-7-19-37-29)23-13-15-24(16-14-23)26-22-32(28-10-2-6-18-36-28)40-42-34(26)30-12-4-8-20-38-30;2*1-2/h1-22H;2*2H,1H3. The van der Waals surface area contributed by atoms with Crippen molar-refractivity contribution >= 4 is 0 Å². The lowest BCUT2D eigenvalue weighted by molar-refractivity contribution is 0.399. The zero-order chi connectivity index (χ0) is 32.1. The van der Waals surface area contributed by atoms with Crippen molar-refractivity contribution in [1.82, 2.24) is 40.3 Å². The van der Waals surface area contributed by atoms with Crippen molar-refractivity contribution in [3.8, 4) is 67.8 Å². The molecule has 0 radical (unpaired) electrons. The van der Waals surface area contributed by atoms with Crippen LogP contribution in [0.4, 0.5) is 0 Å². The maximum Gasteiger partial charge on any atom is 0.119 e. The van der Waals surface area contributed by atoms with Gasteiger partial charge in [0, 0.05) is 50.1 Å². The van der Waals surface area contributed by atoms with Crippen LogP contribution in [0.5, 0.6) is 0 Å². The van der Waals surface area contributed by atoms with Gasteiger partial charge in [0.25, 0.3) is 0 Å². The Morgan fingerprint density at radius 3 is 0.978 bits per heavy atom. The van der Waals surface area contributed by atoms with E-state index in [0.29, 0.717) is 22.8 Å². The summed E-state index contributed by atoms with van der Waals surface area (Å²) in [7, 11) is 2.00. The summed E-state index contributed by atoms with van der Waals surface area (Å²) in [5.41, 5.74) is 9.50. The molecule has 0 amide bonds. The van der Waals surface area contributed by atoms with Gasteiger partial charge in [-0.25, -0.2) is 0 Å². The normalized spacial score (nSPS) is 10.2. The zero-order valence-corrected chi connectivity index (χ0v) is 25.2. The van der Waals surface area contributed by atoms with Crippen LogP contribution in [-0.2, 0) is 0 Å². The highest BCUT2D eigenvalue weighted by Gasteiger charge is 2.17. The number of benzene rings is 1. The summed E-state index contributed by atoms with van der Waals surface area (Å²) in [6.07, 6.45) is 7.01. The Morgan fingerprint density at radius 1 is 0.348 bits per heavy atom. The summed E-state index contributed by atoms with van der Waals surface area (Å²) in [6.45, 7) is 0. The molecule has 6 heterocycles. The second-order valence-corrected chi connectivity index (χ2v) is 9.42. The number of aliphatic hydroxyl groups excluding tert-OH is 2. The summed E-state index contributed by atoms with van der Waals surface area (Å²) in [4.78, 5) is 18.0. The van der Waals surface area contributed by atoms with E-state index in [4.69, 9.17) is 10.2 Å². The second kappa shape index (κ2) is 15.6. The molecule has 0 spiro atoms. The van der Waals surface area contributed by atoms with Gasteiger partial charge in [0.1, 0.15) is 22.8 Å². The summed E-state index contributed by atoms with van der Waals surface area (Å²) >= 11 is 0. The highest BCUT2D eigenvalue weighted by Crippen LogP contribution is 2.35. The van der Waals surface area contributed by atoms with Gasteiger partial charge in [0.15, 0.2) is 0 Å². The molecule has 10 heteroatoms. The number of nitrogens with zero attached hydrogens (tertiary/aromatic N) is 8. The molecule has 10 nitrogen and oxygen atoms in total. The molecular weight excluding hydrogens is 576 g/mol. The van der Waals surface area contributed by atoms with E-state index in [-0.39, 0.29) is 0 Å². The van der Waals surface area contributed by atoms with Crippen LogP contribution < -0.4 is 0 Å². The molecular formula is C36H30N8O2. The first-order valence-corrected chi connectivity index (χ1v) is 14.2. The van der Waals surface area contributed by atoms with Crippen molar-refractivity contribution in [1.29, 1.82) is 0 Å². The minimum atomic E-state index is 0.685. The summed E-state index contributed by atoms with van der Waals surface area (Å²) < 4.78 is 0. The molecule has 0 aliphatic carbocycles. The average molecular weight is 607 g/mol. The van der Waals surface area contributed by atoms with Crippen LogP contribution in [-0.4, -0.2) is 64.8 Å². The molecule has 0 unspecified atom stereocenters. The van der Waals surface area contributed by atoms with Gasteiger partial charge in [-0.3, -0.25) is 19.9 Å². The first-order valence-electron chi connectivity index (χ1n) is 14.2. The van der Waals surface area contributed by atoms with E-state index in [1.165, 1.54) is 0 Å². The molecule has 2 N–H and O–H groups in total. The Kier molecular flexibility index (Phi) is 10.6. The Bertz CT molecular complexity index is 1820. The van der Waals surface area contributed by atoms with Crippen molar-refractivity contribution in [2.24, 2.45) is 0 Å². The van der Waals surface area contributed by atoms with Crippen LogP contribution in [0.25, 0.3) is 67.8 Å². The van der Waals surface area contributed by atoms with E-state index in [2.05, 4.69) is 64.6 Å². The first kappa shape index (κ1) is 31.3. The molecule has 7 rings (SSSR count). The molecule has 0 aliphatic heterocycles. The van der Waals surface area contributed by atoms with Crippen LogP contribution in [0.2, 0.25) is 0 Å². The van der Waals surface area contributed by atoms with Gasteiger partial charge in [0.05, 0.1) is 22.8 Å². The number of rotatable bonds is 6. The summed E-state index contributed by atoms with van der Waals surface area (Å²) in [5.74, 6) is 0. The largest absolute Gasteiger partial charge is 0.400 e. The Balaban J connectivity index is 0.00000100. The van der Waals surface area contributed by atoms with Gasteiger partial charge >= 0.3 is 0 Å². The van der Waals surface area contributed by atoms with Crippen molar-refractivity contribution in [2.75, 3.05) is 14.2 Å². The molecule has 0 saturated heterocycles. The molecule has 0 bridgehead atoms. The molecule has 0 saturated carbocycles. The van der Waals surface area contributed by atoms with E-state index >= 15 is 0 Å². The van der Waals surface area contributed by atoms with Gasteiger partial charge in [-0.05, 0) is 71.8 Å². The van der Waals surface area contributed by atoms with E-state index in [0.717, 1.165) is 59.2 Å². The molecule has 46 heavy (non-hydrogen) atoms. The summed E-state index contributed by atoms with van der Waals surface area (Å²) in [6, 6.07) is 35.3. The van der Waals surface area contributed by atoms with E-state index in [1.807, 2.05) is 84.9 Å². The highest BCUT2D eigenvalue weighted by molar-refractivity contribution is 5.85. The van der Waals surface area contributed by atoms with Gasteiger partial charge < -0.3 is 10.2 Å².